The Morgan fingerprint density at radius 1 is 1.11 bits per heavy atom. The van der Waals surface area contributed by atoms with E-state index in [1.807, 2.05) is 24.3 Å². The van der Waals surface area contributed by atoms with Gasteiger partial charge in [-0.3, -0.25) is 4.90 Å². The standard InChI is InChI=1S/C13H16BrN3O/c1-3-17(4-2)9-12-15-16-13(18-12)10-5-7-11(14)8-6-10/h5-8H,3-4,9H2,1-2H3. The normalized spacial score (nSPS) is 11.1. The van der Waals surface area contributed by atoms with Gasteiger partial charge in [0.15, 0.2) is 0 Å². The molecule has 0 aliphatic heterocycles. The Labute approximate surface area is 115 Å². The summed E-state index contributed by atoms with van der Waals surface area (Å²) in [6.45, 7) is 6.90. The summed E-state index contributed by atoms with van der Waals surface area (Å²) in [6, 6.07) is 7.84. The van der Waals surface area contributed by atoms with Gasteiger partial charge >= 0.3 is 0 Å². The third-order valence-corrected chi connectivity index (χ3v) is 3.34. The van der Waals surface area contributed by atoms with E-state index >= 15 is 0 Å². The van der Waals surface area contributed by atoms with Crippen molar-refractivity contribution in [2.24, 2.45) is 0 Å². The van der Waals surface area contributed by atoms with E-state index in [1.165, 1.54) is 0 Å². The molecule has 4 nitrogen and oxygen atoms in total. The average Bonchev–Trinajstić information content (AvgIpc) is 2.85. The quantitative estimate of drug-likeness (QED) is 0.849. The molecule has 0 radical (unpaired) electrons. The van der Waals surface area contributed by atoms with Gasteiger partial charge in [0.1, 0.15) is 0 Å². The van der Waals surface area contributed by atoms with Gasteiger partial charge in [-0.1, -0.05) is 29.8 Å². The molecule has 2 aromatic rings. The van der Waals surface area contributed by atoms with Crippen molar-refractivity contribution in [3.8, 4) is 11.5 Å². The zero-order chi connectivity index (χ0) is 13.0. The molecule has 18 heavy (non-hydrogen) atoms. The van der Waals surface area contributed by atoms with Crippen LogP contribution in [0.1, 0.15) is 19.7 Å². The van der Waals surface area contributed by atoms with Gasteiger partial charge in [0, 0.05) is 10.0 Å². The molecule has 0 N–H and O–H groups in total. The molecule has 0 spiro atoms. The zero-order valence-corrected chi connectivity index (χ0v) is 12.1. The lowest BCUT2D eigenvalue weighted by Crippen LogP contribution is -2.22. The number of rotatable bonds is 5. The van der Waals surface area contributed by atoms with E-state index in [2.05, 4.69) is 44.9 Å². The van der Waals surface area contributed by atoms with Crippen LogP contribution in [0.25, 0.3) is 11.5 Å². The van der Waals surface area contributed by atoms with E-state index in [4.69, 9.17) is 4.42 Å². The molecule has 0 saturated heterocycles. The van der Waals surface area contributed by atoms with E-state index < -0.39 is 0 Å². The second-order valence-electron chi connectivity index (χ2n) is 3.97. The van der Waals surface area contributed by atoms with Crippen molar-refractivity contribution < 1.29 is 4.42 Å². The van der Waals surface area contributed by atoms with Crippen LogP contribution in [0.3, 0.4) is 0 Å². The monoisotopic (exact) mass is 309 g/mol. The molecule has 2 rings (SSSR count). The minimum Gasteiger partial charge on any atom is -0.419 e. The van der Waals surface area contributed by atoms with Crippen LogP contribution in [0.5, 0.6) is 0 Å². The third kappa shape index (κ3) is 3.17. The Kier molecular flexibility index (Phi) is 4.49. The lowest BCUT2D eigenvalue weighted by atomic mass is 10.2. The Morgan fingerprint density at radius 3 is 2.39 bits per heavy atom. The first-order valence-corrected chi connectivity index (χ1v) is 6.83. The first-order valence-electron chi connectivity index (χ1n) is 6.03. The van der Waals surface area contributed by atoms with Gasteiger partial charge in [-0.15, -0.1) is 10.2 Å². The maximum absolute atomic E-state index is 5.66. The number of hydrogen-bond acceptors (Lipinski definition) is 4. The molecule has 5 heteroatoms. The number of halogens is 1. The summed E-state index contributed by atoms with van der Waals surface area (Å²) in [7, 11) is 0. The Balaban J connectivity index is 2.12. The van der Waals surface area contributed by atoms with Crippen LogP contribution in [0.15, 0.2) is 33.2 Å². The van der Waals surface area contributed by atoms with Crippen molar-refractivity contribution in [1.29, 1.82) is 0 Å². The van der Waals surface area contributed by atoms with Gasteiger partial charge in [-0.25, -0.2) is 0 Å². The highest BCUT2D eigenvalue weighted by Gasteiger charge is 2.10. The molecular formula is C13H16BrN3O. The summed E-state index contributed by atoms with van der Waals surface area (Å²) >= 11 is 3.40. The minimum absolute atomic E-state index is 0.574. The molecule has 0 amide bonds. The van der Waals surface area contributed by atoms with Crippen LogP contribution in [-0.4, -0.2) is 28.2 Å². The highest BCUT2D eigenvalue weighted by molar-refractivity contribution is 9.10. The summed E-state index contributed by atoms with van der Waals surface area (Å²) in [6.07, 6.45) is 0. The SMILES string of the molecule is CCN(CC)Cc1nnc(-c2ccc(Br)cc2)o1. The summed E-state index contributed by atoms with van der Waals surface area (Å²) < 4.78 is 6.70. The predicted molar refractivity (Wildman–Crippen MR) is 74.1 cm³/mol. The number of hydrogen-bond donors (Lipinski definition) is 0. The molecule has 96 valence electrons. The van der Waals surface area contributed by atoms with Gasteiger partial charge in [0.05, 0.1) is 6.54 Å². The molecule has 1 aromatic heterocycles. The largest absolute Gasteiger partial charge is 0.419 e. The van der Waals surface area contributed by atoms with Gasteiger partial charge in [-0.05, 0) is 37.4 Å². The molecule has 0 aliphatic rings. The summed E-state index contributed by atoms with van der Waals surface area (Å²) in [5, 5.41) is 8.16. The first-order chi connectivity index (χ1) is 8.72. The molecule has 1 aromatic carbocycles. The van der Waals surface area contributed by atoms with Crippen LogP contribution in [0.2, 0.25) is 0 Å². The Morgan fingerprint density at radius 2 is 1.78 bits per heavy atom. The van der Waals surface area contributed by atoms with E-state index in [0.717, 1.165) is 23.1 Å². The van der Waals surface area contributed by atoms with E-state index in [1.54, 1.807) is 0 Å². The van der Waals surface area contributed by atoms with Crippen LogP contribution in [0.4, 0.5) is 0 Å². The van der Waals surface area contributed by atoms with E-state index in [0.29, 0.717) is 18.3 Å². The fraction of sp³-hybridized carbons (Fsp3) is 0.385. The van der Waals surface area contributed by atoms with Crippen LogP contribution >= 0.6 is 15.9 Å². The van der Waals surface area contributed by atoms with Crippen LogP contribution < -0.4 is 0 Å². The van der Waals surface area contributed by atoms with Crippen LogP contribution in [0, 0.1) is 0 Å². The zero-order valence-electron chi connectivity index (χ0n) is 10.6. The average molecular weight is 310 g/mol. The number of nitrogens with zero attached hydrogens (tertiary/aromatic N) is 3. The fourth-order valence-corrected chi connectivity index (χ4v) is 1.93. The predicted octanol–water partition coefficient (Wildman–Crippen LogP) is 3.34. The molecule has 0 bridgehead atoms. The number of benzene rings is 1. The second kappa shape index (κ2) is 6.11. The van der Waals surface area contributed by atoms with Crippen molar-refractivity contribution in [2.75, 3.05) is 13.1 Å². The molecule has 0 fully saturated rings. The summed E-state index contributed by atoms with van der Waals surface area (Å²) in [5.41, 5.74) is 0.941. The first kappa shape index (κ1) is 13.2. The van der Waals surface area contributed by atoms with Crippen molar-refractivity contribution in [2.45, 2.75) is 20.4 Å². The third-order valence-electron chi connectivity index (χ3n) is 2.81. The van der Waals surface area contributed by atoms with Crippen LogP contribution in [-0.2, 0) is 6.54 Å². The molecule has 0 unspecified atom stereocenters. The fourth-order valence-electron chi connectivity index (χ4n) is 1.67. The van der Waals surface area contributed by atoms with E-state index in [-0.39, 0.29) is 0 Å². The molecule has 0 atom stereocenters. The highest BCUT2D eigenvalue weighted by atomic mass is 79.9. The summed E-state index contributed by atoms with van der Waals surface area (Å²) in [4.78, 5) is 2.23. The van der Waals surface area contributed by atoms with Gasteiger partial charge in [-0.2, -0.15) is 0 Å². The maximum Gasteiger partial charge on any atom is 0.247 e. The minimum atomic E-state index is 0.574. The second-order valence-corrected chi connectivity index (χ2v) is 4.88. The van der Waals surface area contributed by atoms with E-state index in [9.17, 15) is 0 Å². The molecular weight excluding hydrogens is 294 g/mol. The van der Waals surface area contributed by atoms with Crippen molar-refractivity contribution >= 4 is 15.9 Å². The lowest BCUT2D eigenvalue weighted by Gasteiger charge is -2.14. The van der Waals surface area contributed by atoms with Gasteiger partial charge < -0.3 is 4.42 Å². The molecule has 1 heterocycles. The molecule has 0 aliphatic carbocycles. The van der Waals surface area contributed by atoms with Gasteiger partial charge in [0.25, 0.3) is 0 Å². The highest BCUT2D eigenvalue weighted by Crippen LogP contribution is 2.20. The molecule has 0 saturated carbocycles. The Bertz CT molecular complexity index is 491. The smallest absolute Gasteiger partial charge is 0.247 e. The van der Waals surface area contributed by atoms with Crippen molar-refractivity contribution in [3.63, 3.8) is 0 Å². The topological polar surface area (TPSA) is 42.2 Å². The summed E-state index contributed by atoms with van der Waals surface area (Å²) in [5.74, 6) is 1.24. The van der Waals surface area contributed by atoms with Crippen molar-refractivity contribution in [1.82, 2.24) is 15.1 Å². The number of aromatic nitrogens is 2. The van der Waals surface area contributed by atoms with Crippen molar-refractivity contribution in [3.05, 3.63) is 34.6 Å². The Hall–Kier alpha value is -1.20. The maximum atomic E-state index is 5.66. The van der Waals surface area contributed by atoms with Gasteiger partial charge in [0.2, 0.25) is 11.8 Å². The lowest BCUT2D eigenvalue weighted by molar-refractivity contribution is 0.264.